The van der Waals surface area contributed by atoms with E-state index < -0.39 is 16.1 Å². The van der Waals surface area contributed by atoms with Crippen LogP contribution in [0.15, 0.2) is 65.7 Å². The van der Waals surface area contributed by atoms with Gasteiger partial charge in [-0.2, -0.15) is 4.31 Å². The zero-order chi connectivity index (χ0) is 20.6. The number of rotatable bonds is 4. The number of hydrogen-bond donors (Lipinski definition) is 0. The lowest BCUT2D eigenvalue weighted by Gasteiger charge is -2.28. The standard InChI is InChI=1S/C22H23N3O3S/c1-16-8-3-4-11-18(16)24(2)22(26)19-12-7-15-25(19)29(27,28)20-13-5-9-17-10-6-14-23-21(17)20/h3-6,8-11,13-14,19H,7,12,15H2,1-2H3. The minimum atomic E-state index is -3.86. The van der Waals surface area contributed by atoms with Gasteiger partial charge < -0.3 is 4.90 Å². The lowest BCUT2D eigenvalue weighted by molar-refractivity contribution is -0.121. The van der Waals surface area contributed by atoms with Crippen LogP contribution in [0, 0.1) is 6.92 Å². The van der Waals surface area contributed by atoms with Crippen LogP contribution in [0.4, 0.5) is 5.69 Å². The van der Waals surface area contributed by atoms with E-state index in [9.17, 15) is 13.2 Å². The van der Waals surface area contributed by atoms with Gasteiger partial charge >= 0.3 is 0 Å². The van der Waals surface area contributed by atoms with Crippen molar-refractivity contribution in [2.75, 3.05) is 18.5 Å². The van der Waals surface area contributed by atoms with Crippen LogP contribution in [-0.2, 0) is 14.8 Å². The Bertz CT molecular complexity index is 1170. The Balaban J connectivity index is 1.71. The molecule has 2 aromatic carbocycles. The fourth-order valence-corrected chi connectivity index (χ4v) is 5.79. The number of fused-ring (bicyclic) bond motifs is 1. The lowest BCUT2D eigenvalue weighted by Crippen LogP contribution is -2.46. The van der Waals surface area contributed by atoms with Gasteiger partial charge in [0.15, 0.2) is 0 Å². The molecule has 3 aromatic rings. The van der Waals surface area contributed by atoms with Gasteiger partial charge in [0.1, 0.15) is 10.9 Å². The molecule has 1 aromatic heterocycles. The minimum absolute atomic E-state index is 0.147. The number of nitrogens with zero attached hydrogens (tertiary/aromatic N) is 3. The first-order valence-electron chi connectivity index (χ1n) is 9.60. The van der Waals surface area contributed by atoms with E-state index in [1.54, 1.807) is 36.3 Å². The molecule has 2 heterocycles. The van der Waals surface area contributed by atoms with Crippen LogP contribution in [0.2, 0.25) is 0 Å². The monoisotopic (exact) mass is 409 g/mol. The molecule has 1 aliphatic rings. The summed E-state index contributed by atoms with van der Waals surface area (Å²) in [4.78, 5) is 19.2. The molecule has 29 heavy (non-hydrogen) atoms. The summed E-state index contributed by atoms with van der Waals surface area (Å²) >= 11 is 0. The molecule has 1 atom stereocenters. The first kappa shape index (κ1) is 19.5. The molecule has 0 spiro atoms. The summed E-state index contributed by atoms with van der Waals surface area (Å²) in [5.41, 5.74) is 2.18. The van der Waals surface area contributed by atoms with Gasteiger partial charge in [0.25, 0.3) is 0 Å². The van der Waals surface area contributed by atoms with Gasteiger partial charge in [0.2, 0.25) is 15.9 Å². The SMILES string of the molecule is Cc1ccccc1N(C)C(=O)C1CCCN1S(=O)(=O)c1cccc2cccnc12. The van der Waals surface area contributed by atoms with Gasteiger partial charge in [0, 0.05) is 30.9 Å². The molecule has 1 unspecified atom stereocenters. The Labute approximate surface area is 170 Å². The Morgan fingerprint density at radius 3 is 2.66 bits per heavy atom. The molecule has 0 saturated carbocycles. The Morgan fingerprint density at radius 2 is 1.86 bits per heavy atom. The molecule has 0 aliphatic carbocycles. The molecule has 1 fully saturated rings. The van der Waals surface area contributed by atoms with E-state index in [1.165, 1.54) is 4.31 Å². The van der Waals surface area contributed by atoms with Crippen LogP contribution in [0.25, 0.3) is 10.9 Å². The van der Waals surface area contributed by atoms with Crippen LogP contribution < -0.4 is 4.90 Å². The van der Waals surface area contributed by atoms with Crippen molar-refractivity contribution in [3.8, 4) is 0 Å². The molecule has 6 nitrogen and oxygen atoms in total. The smallest absolute Gasteiger partial charge is 0.245 e. The second-order valence-corrected chi connectivity index (χ2v) is 9.15. The van der Waals surface area contributed by atoms with Crippen molar-refractivity contribution in [1.29, 1.82) is 0 Å². The highest BCUT2D eigenvalue weighted by atomic mass is 32.2. The largest absolute Gasteiger partial charge is 0.314 e. The fraction of sp³-hybridized carbons (Fsp3) is 0.273. The van der Waals surface area contributed by atoms with E-state index in [-0.39, 0.29) is 10.8 Å². The van der Waals surface area contributed by atoms with E-state index in [1.807, 2.05) is 43.3 Å². The van der Waals surface area contributed by atoms with Crippen molar-refractivity contribution in [3.05, 3.63) is 66.4 Å². The zero-order valence-electron chi connectivity index (χ0n) is 16.4. The van der Waals surface area contributed by atoms with Crippen LogP contribution in [0.5, 0.6) is 0 Å². The van der Waals surface area contributed by atoms with Crippen LogP contribution >= 0.6 is 0 Å². The molecule has 0 bridgehead atoms. The number of likely N-dealkylation sites (N-methyl/N-ethyl adjacent to an activating group) is 1. The van der Waals surface area contributed by atoms with Crippen molar-refractivity contribution in [3.63, 3.8) is 0 Å². The maximum absolute atomic E-state index is 13.5. The van der Waals surface area contributed by atoms with E-state index in [2.05, 4.69) is 4.98 Å². The molecule has 0 radical (unpaired) electrons. The predicted octanol–water partition coefficient (Wildman–Crippen LogP) is 3.36. The number of para-hydroxylation sites is 2. The maximum Gasteiger partial charge on any atom is 0.245 e. The number of sulfonamides is 1. The zero-order valence-corrected chi connectivity index (χ0v) is 17.3. The number of anilines is 1. The second kappa shape index (κ2) is 7.57. The number of benzene rings is 2. The molecule has 4 rings (SSSR count). The third-order valence-corrected chi connectivity index (χ3v) is 7.42. The van der Waals surface area contributed by atoms with Crippen LogP contribution in [0.1, 0.15) is 18.4 Å². The van der Waals surface area contributed by atoms with E-state index in [4.69, 9.17) is 0 Å². The number of carbonyl (C=O) groups excluding carboxylic acids is 1. The Hall–Kier alpha value is -2.77. The van der Waals surface area contributed by atoms with Gasteiger partial charge in [-0.1, -0.05) is 36.4 Å². The lowest BCUT2D eigenvalue weighted by atomic mass is 10.1. The highest BCUT2D eigenvalue weighted by molar-refractivity contribution is 7.89. The highest BCUT2D eigenvalue weighted by Gasteiger charge is 2.41. The number of aromatic nitrogens is 1. The van der Waals surface area contributed by atoms with Crippen molar-refractivity contribution < 1.29 is 13.2 Å². The molecule has 0 N–H and O–H groups in total. The van der Waals surface area contributed by atoms with Gasteiger partial charge in [0.05, 0.1) is 5.52 Å². The highest BCUT2D eigenvalue weighted by Crippen LogP contribution is 2.31. The molecule has 150 valence electrons. The van der Waals surface area contributed by atoms with Gasteiger partial charge in [-0.25, -0.2) is 8.42 Å². The van der Waals surface area contributed by atoms with Crippen LogP contribution in [0.3, 0.4) is 0 Å². The molecule has 1 amide bonds. The summed E-state index contributed by atoms with van der Waals surface area (Å²) in [6, 6.07) is 15.6. The van der Waals surface area contributed by atoms with Gasteiger partial charge in [-0.3, -0.25) is 9.78 Å². The topological polar surface area (TPSA) is 70.6 Å². The summed E-state index contributed by atoms with van der Waals surface area (Å²) in [6.45, 7) is 2.26. The number of carbonyl (C=O) groups is 1. The maximum atomic E-state index is 13.5. The van der Waals surface area contributed by atoms with E-state index in [0.29, 0.717) is 24.9 Å². The first-order chi connectivity index (χ1) is 13.9. The third-order valence-electron chi connectivity index (χ3n) is 5.48. The van der Waals surface area contributed by atoms with Crippen molar-refractivity contribution in [1.82, 2.24) is 9.29 Å². The summed E-state index contributed by atoms with van der Waals surface area (Å²) < 4.78 is 28.3. The quantitative estimate of drug-likeness (QED) is 0.663. The van der Waals surface area contributed by atoms with E-state index >= 15 is 0 Å². The Kier molecular flexibility index (Phi) is 5.10. The molecule has 7 heteroatoms. The predicted molar refractivity (Wildman–Crippen MR) is 113 cm³/mol. The van der Waals surface area contributed by atoms with Crippen molar-refractivity contribution >= 4 is 32.5 Å². The molecule has 1 aliphatic heterocycles. The van der Waals surface area contributed by atoms with Crippen LogP contribution in [-0.4, -0.2) is 43.2 Å². The molecular formula is C22H23N3O3S. The fourth-order valence-electron chi connectivity index (χ4n) is 3.97. The number of aryl methyl sites for hydroxylation is 1. The van der Waals surface area contributed by atoms with Crippen molar-refractivity contribution in [2.45, 2.75) is 30.7 Å². The summed E-state index contributed by atoms with van der Waals surface area (Å²) in [5.74, 6) is -0.214. The minimum Gasteiger partial charge on any atom is -0.314 e. The average Bonchev–Trinajstić information content (AvgIpc) is 3.23. The van der Waals surface area contributed by atoms with Crippen molar-refractivity contribution in [2.24, 2.45) is 0 Å². The molecule has 1 saturated heterocycles. The Morgan fingerprint density at radius 1 is 1.10 bits per heavy atom. The second-order valence-electron chi connectivity index (χ2n) is 7.29. The van der Waals surface area contributed by atoms with Gasteiger partial charge in [-0.05, 0) is 43.5 Å². The van der Waals surface area contributed by atoms with E-state index in [0.717, 1.165) is 16.6 Å². The summed E-state index contributed by atoms with van der Waals surface area (Å²) in [6.07, 6.45) is 2.74. The number of pyridine rings is 1. The average molecular weight is 410 g/mol. The third kappa shape index (κ3) is 3.41. The normalized spacial score (nSPS) is 17.5. The van der Waals surface area contributed by atoms with Gasteiger partial charge in [-0.15, -0.1) is 0 Å². The summed E-state index contributed by atoms with van der Waals surface area (Å²) in [5, 5.41) is 0.757. The number of amides is 1. The number of hydrogen-bond acceptors (Lipinski definition) is 4. The first-order valence-corrected chi connectivity index (χ1v) is 11.0. The molecular weight excluding hydrogens is 386 g/mol. The summed E-state index contributed by atoms with van der Waals surface area (Å²) in [7, 11) is -2.16.